The van der Waals surface area contributed by atoms with Crippen LogP contribution in [0.15, 0.2) is 88.6 Å². The Morgan fingerprint density at radius 3 is 2.30 bits per heavy atom. The SMILES string of the molecule is NC(=O)NC(=O)[C@@H](Sc1nnc(-c2ccco2)n1-c1ccccc1)c1ccccc1. The zero-order valence-corrected chi connectivity index (χ0v) is 16.5. The summed E-state index contributed by atoms with van der Waals surface area (Å²) in [7, 11) is 0. The van der Waals surface area contributed by atoms with E-state index >= 15 is 0 Å². The molecule has 2 aromatic heterocycles. The summed E-state index contributed by atoms with van der Waals surface area (Å²) < 4.78 is 7.31. The van der Waals surface area contributed by atoms with Crippen molar-refractivity contribution in [3.63, 3.8) is 0 Å². The summed E-state index contributed by atoms with van der Waals surface area (Å²) in [5.74, 6) is 0.493. The maximum Gasteiger partial charge on any atom is 0.318 e. The topological polar surface area (TPSA) is 116 Å². The highest BCUT2D eigenvalue weighted by atomic mass is 32.2. The minimum atomic E-state index is -0.915. The molecular weight excluding hydrogens is 402 g/mol. The van der Waals surface area contributed by atoms with Gasteiger partial charge in [0.05, 0.1) is 6.26 Å². The molecule has 4 rings (SSSR count). The number of aromatic nitrogens is 3. The van der Waals surface area contributed by atoms with E-state index in [1.54, 1.807) is 35.1 Å². The van der Waals surface area contributed by atoms with E-state index in [2.05, 4.69) is 15.5 Å². The number of nitrogens with one attached hydrogen (secondary N) is 1. The first-order valence-corrected chi connectivity index (χ1v) is 9.88. The molecule has 0 saturated heterocycles. The molecule has 30 heavy (non-hydrogen) atoms. The van der Waals surface area contributed by atoms with Crippen LogP contribution in [0.5, 0.6) is 0 Å². The Morgan fingerprint density at radius 2 is 1.67 bits per heavy atom. The van der Waals surface area contributed by atoms with E-state index in [4.69, 9.17) is 10.2 Å². The lowest BCUT2D eigenvalue weighted by molar-refractivity contribution is -0.119. The van der Waals surface area contributed by atoms with Gasteiger partial charge in [0.1, 0.15) is 5.25 Å². The Bertz CT molecular complexity index is 1140. The standard InChI is InChI=1S/C21H17N5O3S/c22-20(28)23-19(27)17(14-8-3-1-4-9-14)30-21-25-24-18(16-12-7-13-29-16)26(21)15-10-5-2-6-11-15/h1-13,17H,(H3,22,23,27,28)/t17-/m0/s1. The normalized spacial score (nSPS) is 11.7. The van der Waals surface area contributed by atoms with E-state index in [0.717, 1.165) is 17.4 Å². The second-order valence-corrected chi connectivity index (χ2v) is 7.29. The van der Waals surface area contributed by atoms with Crippen molar-refractivity contribution in [1.82, 2.24) is 20.1 Å². The number of para-hydroxylation sites is 1. The average Bonchev–Trinajstić information content (AvgIpc) is 3.42. The van der Waals surface area contributed by atoms with Gasteiger partial charge in [-0.05, 0) is 29.8 Å². The van der Waals surface area contributed by atoms with Crippen molar-refractivity contribution in [2.45, 2.75) is 10.4 Å². The van der Waals surface area contributed by atoms with E-state index in [-0.39, 0.29) is 0 Å². The van der Waals surface area contributed by atoms with Gasteiger partial charge in [-0.3, -0.25) is 14.7 Å². The van der Waals surface area contributed by atoms with Gasteiger partial charge in [0.2, 0.25) is 11.7 Å². The largest absolute Gasteiger partial charge is 0.461 e. The number of amides is 3. The lowest BCUT2D eigenvalue weighted by Crippen LogP contribution is -2.37. The van der Waals surface area contributed by atoms with E-state index in [0.29, 0.717) is 22.3 Å². The van der Waals surface area contributed by atoms with Crippen molar-refractivity contribution in [2.75, 3.05) is 0 Å². The molecule has 150 valence electrons. The average molecular weight is 419 g/mol. The molecule has 0 spiro atoms. The highest BCUT2D eigenvalue weighted by Gasteiger charge is 2.27. The maximum atomic E-state index is 12.7. The minimum Gasteiger partial charge on any atom is -0.461 e. The second kappa shape index (κ2) is 8.66. The molecule has 2 aromatic carbocycles. The Morgan fingerprint density at radius 1 is 0.967 bits per heavy atom. The number of thioether (sulfide) groups is 1. The number of carbonyl (C=O) groups is 2. The third-order valence-electron chi connectivity index (χ3n) is 4.20. The smallest absolute Gasteiger partial charge is 0.318 e. The number of hydrogen-bond donors (Lipinski definition) is 2. The van der Waals surface area contributed by atoms with Crippen molar-refractivity contribution >= 4 is 23.7 Å². The molecule has 0 aliphatic carbocycles. The van der Waals surface area contributed by atoms with Gasteiger partial charge in [-0.15, -0.1) is 10.2 Å². The van der Waals surface area contributed by atoms with Crippen LogP contribution in [0.25, 0.3) is 17.3 Å². The second-order valence-electron chi connectivity index (χ2n) is 6.22. The zero-order valence-electron chi connectivity index (χ0n) is 15.6. The number of nitrogens with two attached hydrogens (primary N) is 1. The van der Waals surface area contributed by atoms with Crippen molar-refractivity contribution in [3.05, 3.63) is 84.6 Å². The van der Waals surface area contributed by atoms with Gasteiger partial charge in [-0.1, -0.05) is 60.3 Å². The first kappa shape index (κ1) is 19.5. The van der Waals surface area contributed by atoms with Crippen molar-refractivity contribution in [3.8, 4) is 17.3 Å². The Hall–Kier alpha value is -3.85. The predicted molar refractivity (Wildman–Crippen MR) is 112 cm³/mol. The van der Waals surface area contributed by atoms with Crippen molar-refractivity contribution < 1.29 is 14.0 Å². The molecule has 9 heteroatoms. The van der Waals surface area contributed by atoms with E-state index < -0.39 is 17.2 Å². The molecule has 3 N–H and O–H groups in total. The number of rotatable bonds is 6. The number of nitrogens with zero attached hydrogens (tertiary/aromatic N) is 3. The molecule has 0 radical (unpaired) electrons. The summed E-state index contributed by atoms with van der Waals surface area (Å²) in [6.45, 7) is 0. The summed E-state index contributed by atoms with van der Waals surface area (Å²) in [5, 5.41) is 10.4. The number of carbonyl (C=O) groups excluding carboxylic acids is 2. The fourth-order valence-electron chi connectivity index (χ4n) is 2.91. The van der Waals surface area contributed by atoms with Crippen LogP contribution >= 0.6 is 11.8 Å². The molecule has 4 aromatic rings. The molecule has 0 aliphatic heterocycles. The third kappa shape index (κ3) is 4.11. The monoisotopic (exact) mass is 419 g/mol. The van der Waals surface area contributed by atoms with Crippen LogP contribution in [-0.2, 0) is 4.79 Å². The van der Waals surface area contributed by atoms with Crippen LogP contribution < -0.4 is 11.1 Å². The summed E-state index contributed by atoms with van der Waals surface area (Å²) >= 11 is 1.16. The van der Waals surface area contributed by atoms with Crippen LogP contribution in [0.1, 0.15) is 10.8 Å². The molecule has 0 aliphatic rings. The first-order chi connectivity index (χ1) is 14.6. The van der Waals surface area contributed by atoms with Crippen LogP contribution in [0.2, 0.25) is 0 Å². The zero-order chi connectivity index (χ0) is 20.9. The molecule has 0 saturated carbocycles. The van der Waals surface area contributed by atoms with Gasteiger partial charge in [-0.25, -0.2) is 4.79 Å². The van der Waals surface area contributed by atoms with Crippen LogP contribution in [0.3, 0.4) is 0 Å². The van der Waals surface area contributed by atoms with E-state index in [1.807, 2.05) is 48.5 Å². The lowest BCUT2D eigenvalue weighted by Gasteiger charge is -2.16. The first-order valence-electron chi connectivity index (χ1n) is 9.00. The number of imide groups is 1. The molecule has 2 heterocycles. The van der Waals surface area contributed by atoms with Gasteiger partial charge in [-0.2, -0.15) is 0 Å². The van der Waals surface area contributed by atoms with Crippen LogP contribution in [-0.4, -0.2) is 26.7 Å². The summed E-state index contributed by atoms with van der Waals surface area (Å²) in [6.07, 6.45) is 1.55. The van der Waals surface area contributed by atoms with Crippen LogP contribution in [0.4, 0.5) is 4.79 Å². The molecule has 3 amide bonds. The van der Waals surface area contributed by atoms with E-state index in [1.165, 1.54) is 0 Å². The summed E-state index contributed by atoms with van der Waals surface area (Å²) in [6, 6.07) is 21.2. The summed E-state index contributed by atoms with van der Waals surface area (Å²) in [4.78, 5) is 24.0. The Labute approximate surface area is 176 Å². The highest BCUT2D eigenvalue weighted by Crippen LogP contribution is 2.37. The fourth-order valence-corrected chi connectivity index (χ4v) is 3.97. The minimum absolute atomic E-state index is 0.459. The molecular formula is C21H17N5O3S. The van der Waals surface area contributed by atoms with Gasteiger partial charge < -0.3 is 10.2 Å². The van der Waals surface area contributed by atoms with E-state index in [9.17, 15) is 9.59 Å². The third-order valence-corrected chi connectivity index (χ3v) is 5.40. The predicted octanol–water partition coefficient (Wildman–Crippen LogP) is 3.56. The van der Waals surface area contributed by atoms with Gasteiger partial charge in [0, 0.05) is 5.69 Å². The number of urea groups is 1. The number of furan rings is 1. The van der Waals surface area contributed by atoms with Crippen molar-refractivity contribution in [1.29, 1.82) is 0 Å². The molecule has 8 nitrogen and oxygen atoms in total. The summed E-state index contributed by atoms with van der Waals surface area (Å²) in [5.41, 5.74) is 6.67. The van der Waals surface area contributed by atoms with Crippen LogP contribution in [0, 0.1) is 0 Å². The number of primary amides is 1. The fraction of sp³-hybridized carbons (Fsp3) is 0.0476. The Kier molecular flexibility index (Phi) is 5.62. The maximum absolute atomic E-state index is 12.7. The number of benzene rings is 2. The highest BCUT2D eigenvalue weighted by molar-refractivity contribution is 8.00. The molecule has 0 fully saturated rings. The molecule has 0 unspecified atom stereocenters. The lowest BCUT2D eigenvalue weighted by atomic mass is 10.1. The molecule has 1 atom stereocenters. The van der Waals surface area contributed by atoms with Gasteiger partial charge >= 0.3 is 6.03 Å². The molecule has 0 bridgehead atoms. The van der Waals surface area contributed by atoms with Gasteiger partial charge in [0.25, 0.3) is 0 Å². The quantitative estimate of drug-likeness (QED) is 0.462. The Balaban J connectivity index is 1.79. The number of hydrogen-bond acceptors (Lipinski definition) is 6. The van der Waals surface area contributed by atoms with Crippen molar-refractivity contribution in [2.24, 2.45) is 5.73 Å². The van der Waals surface area contributed by atoms with Gasteiger partial charge in [0.15, 0.2) is 10.9 Å².